The number of amides is 1. The molecule has 120 valence electrons. The van der Waals surface area contributed by atoms with Crippen LogP contribution in [0.1, 0.15) is 30.1 Å². The highest BCUT2D eigenvalue weighted by Gasteiger charge is 2.17. The molecule has 1 fully saturated rings. The molecule has 1 aromatic heterocycles. The van der Waals surface area contributed by atoms with Crippen LogP contribution in [0.5, 0.6) is 0 Å². The molecule has 5 nitrogen and oxygen atoms in total. The number of hydrogen-bond acceptors (Lipinski definition) is 4. The van der Waals surface area contributed by atoms with Gasteiger partial charge in [-0.25, -0.2) is 9.97 Å². The summed E-state index contributed by atoms with van der Waals surface area (Å²) in [6, 6.07) is 9.07. The van der Waals surface area contributed by atoms with Gasteiger partial charge in [0.2, 0.25) is 0 Å². The Morgan fingerprint density at radius 1 is 1.22 bits per heavy atom. The van der Waals surface area contributed by atoms with Gasteiger partial charge in [-0.1, -0.05) is 22.9 Å². The zero-order valence-electron chi connectivity index (χ0n) is 13.0. The Balaban J connectivity index is 1.70. The van der Waals surface area contributed by atoms with Gasteiger partial charge in [-0.2, -0.15) is 0 Å². The van der Waals surface area contributed by atoms with Gasteiger partial charge in [0.05, 0.1) is 0 Å². The van der Waals surface area contributed by atoms with Crippen molar-refractivity contribution in [1.82, 2.24) is 9.97 Å². The van der Waals surface area contributed by atoms with Crippen LogP contribution < -0.4 is 10.2 Å². The van der Waals surface area contributed by atoms with Crippen LogP contribution in [0, 0.1) is 5.92 Å². The number of halogens is 1. The van der Waals surface area contributed by atoms with E-state index in [9.17, 15) is 4.79 Å². The molecule has 2 heterocycles. The van der Waals surface area contributed by atoms with E-state index in [1.165, 1.54) is 19.2 Å². The first kappa shape index (κ1) is 15.9. The SMILES string of the molecule is CC1CCN(c2cc(NC(=O)c3ccc(Br)cc3)ncn2)CC1. The highest BCUT2D eigenvalue weighted by molar-refractivity contribution is 9.10. The van der Waals surface area contributed by atoms with Crippen LogP contribution in [0.4, 0.5) is 11.6 Å². The third kappa shape index (κ3) is 4.07. The fourth-order valence-corrected chi connectivity index (χ4v) is 2.88. The van der Waals surface area contributed by atoms with Crippen molar-refractivity contribution in [3.05, 3.63) is 46.7 Å². The number of carbonyl (C=O) groups is 1. The Bertz CT molecular complexity index is 681. The number of aromatic nitrogens is 2. The lowest BCUT2D eigenvalue weighted by atomic mass is 9.99. The summed E-state index contributed by atoms with van der Waals surface area (Å²) in [7, 11) is 0. The fraction of sp³-hybridized carbons (Fsp3) is 0.353. The quantitative estimate of drug-likeness (QED) is 0.888. The maximum atomic E-state index is 12.3. The summed E-state index contributed by atoms with van der Waals surface area (Å²) < 4.78 is 0.942. The Hall–Kier alpha value is -1.95. The molecule has 23 heavy (non-hydrogen) atoms. The van der Waals surface area contributed by atoms with Crippen molar-refractivity contribution in [2.75, 3.05) is 23.3 Å². The van der Waals surface area contributed by atoms with Crippen LogP contribution in [-0.2, 0) is 0 Å². The first-order valence-corrected chi connectivity index (χ1v) is 8.55. The number of rotatable bonds is 3. The second kappa shape index (κ2) is 7.08. The second-order valence-electron chi connectivity index (χ2n) is 5.89. The maximum Gasteiger partial charge on any atom is 0.256 e. The molecular weight excluding hydrogens is 356 g/mol. The lowest BCUT2D eigenvalue weighted by Crippen LogP contribution is -2.33. The number of nitrogens with one attached hydrogen (secondary N) is 1. The second-order valence-corrected chi connectivity index (χ2v) is 6.81. The number of carbonyl (C=O) groups excluding carboxylic acids is 1. The molecular formula is C17H19BrN4O. The third-order valence-corrected chi connectivity index (χ3v) is 4.64. The molecule has 2 aromatic rings. The van der Waals surface area contributed by atoms with Crippen LogP contribution in [0.15, 0.2) is 41.1 Å². The molecule has 1 amide bonds. The number of nitrogens with zero attached hydrogens (tertiary/aromatic N) is 3. The van der Waals surface area contributed by atoms with Crippen molar-refractivity contribution in [2.45, 2.75) is 19.8 Å². The predicted octanol–water partition coefficient (Wildman–Crippen LogP) is 3.73. The molecule has 0 spiro atoms. The molecule has 0 bridgehead atoms. The highest BCUT2D eigenvalue weighted by atomic mass is 79.9. The van der Waals surface area contributed by atoms with Crippen molar-refractivity contribution < 1.29 is 4.79 Å². The van der Waals surface area contributed by atoms with E-state index in [0.717, 1.165) is 29.3 Å². The molecule has 3 rings (SSSR count). The van der Waals surface area contributed by atoms with Gasteiger partial charge in [0.15, 0.2) is 0 Å². The summed E-state index contributed by atoms with van der Waals surface area (Å²) in [5.41, 5.74) is 0.597. The Labute approximate surface area is 144 Å². The van der Waals surface area contributed by atoms with E-state index in [-0.39, 0.29) is 5.91 Å². The van der Waals surface area contributed by atoms with Crippen LogP contribution in [0.3, 0.4) is 0 Å². The van der Waals surface area contributed by atoms with E-state index in [2.05, 4.69) is 43.0 Å². The summed E-state index contributed by atoms with van der Waals surface area (Å²) in [6.07, 6.45) is 3.85. The summed E-state index contributed by atoms with van der Waals surface area (Å²) in [6.45, 7) is 4.28. The summed E-state index contributed by atoms with van der Waals surface area (Å²) in [5, 5.41) is 2.83. The Morgan fingerprint density at radius 3 is 2.61 bits per heavy atom. The molecule has 6 heteroatoms. The van der Waals surface area contributed by atoms with E-state index < -0.39 is 0 Å². The van der Waals surface area contributed by atoms with Crippen molar-refractivity contribution in [1.29, 1.82) is 0 Å². The molecule has 1 aliphatic rings. The predicted molar refractivity (Wildman–Crippen MR) is 94.7 cm³/mol. The first-order valence-electron chi connectivity index (χ1n) is 7.76. The monoisotopic (exact) mass is 374 g/mol. The van der Waals surface area contributed by atoms with E-state index in [1.54, 1.807) is 12.1 Å². The average molecular weight is 375 g/mol. The number of hydrogen-bond donors (Lipinski definition) is 1. The van der Waals surface area contributed by atoms with Gasteiger partial charge in [-0.15, -0.1) is 0 Å². The van der Waals surface area contributed by atoms with Gasteiger partial charge < -0.3 is 10.2 Å². The largest absolute Gasteiger partial charge is 0.356 e. The molecule has 0 unspecified atom stereocenters. The number of anilines is 2. The van der Waals surface area contributed by atoms with Crippen LogP contribution in [0.2, 0.25) is 0 Å². The molecule has 0 radical (unpaired) electrons. The average Bonchev–Trinajstić information content (AvgIpc) is 2.56. The minimum atomic E-state index is -0.172. The van der Waals surface area contributed by atoms with Gasteiger partial charge in [-0.05, 0) is 43.0 Å². The molecule has 0 aliphatic carbocycles. The zero-order valence-corrected chi connectivity index (χ0v) is 14.6. The lowest BCUT2D eigenvalue weighted by Gasteiger charge is -2.31. The van der Waals surface area contributed by atoms with Crippen LogP contribution in [-0.4, -0.2) is 29.0 Å². The van der Waals surface area contributed by atoms with Gasteiger partial charge in [0, 0.05) is 29.2 Å². The third-order valence-electron chi connectivity index (χ3n) is 4.11. The van der Waals surface area contributed by atoms with Crippen molar-refractivity contribution in [2.24, 2.45) is 5.92 Å². The Kier molecular flexibility index (Phi) is 4.91. The first-order chi connectivity index (χ1) is 11.1. The van der Waals surface area contributed by atoms with Crippen molar-refractivity contribution >= 4 is 33.5 Å². The topological polar surface area (TPSA) is 58.1 Å². The number of benzene rings is 1. The minimum Gasteiger partial charge on any atom is -0.356 e. The van der Waals surface area contributed by atoms with Gasteiger partial charge in [0.1, 0.15) is 18.0 Å². The van der Waals surface area contributed by atoms with E-state index in [4.69, 9.17) is 0 Å². The van der Waals surface area contributed by atoms with Gasteiger partial charge >= 0.3 is 0 Å². The van der Waals surface area contributed by atoms with Crippen LogP contribution >= 0.6 is 15.9 Å². The van der Waals surface area contributed by atoms with E-state index in [1.807, 2.05) is 18.2 Å². The van der Waals surface area contributed by atoms with Crippen molar-refractivity contribution in [3.8, 4) is 0 Å². The standard InChI is InChI=1S/C17H19BrN4O/c1-12-6-8-22(9-7-12)16-10-15(19-11-20-16)21-17(23)13-2-4-14(18)5-3-13/h2-5,10-12H,6-9H2,1H3,(H,19,20,21,23). The highest BCUT2D eigenvalue weighted by Crippen LogP contribution is 2.22. The normalized spacial score (nSPS) is 15.5. The van der Waals surface area contributed by atoms with E-state index in [0.29, 0.717) is 11.4 Å². The molecule has 0 atom stereocenters. The summed E-state index contributed by atoms with van der Waals surface area (Å²) in [4.78, 5) is 23.0. The molecule has 1 aliphatic heterocycles. The maximum absolute atomic E-state index is 12.3. The molecule has 1 N–H and O–H groups in total. The summed E-state index contributed by atoms with van der Waals surface area (Å²) >= 11 is 3.36. The summed E-state index contributed by atoms with van der Waals surface area (Å²) in [5.74, 6) is 2.00. The van der Waals surface area contributed by atoms with Gasteiger partial charge in [0.25, 0.3) is 5.91 Å². The molecule has 0 saturated carbocycles. The Morgan fingerprint density at radius 2 is 1.91 bits per heavy atom. The van der Waals surface area contributed by atoms with Crippen LogP contribution in [0.25, 0.3) is 0 Å². The zero-order chi connectivity index (χ0) is 16.2. The fourth-order valence-electron chi connectivity index (χ4n) is 2.62. The van der Waals surface area contributed by atoms with E-state index >= 15 is 0 Å². The van der Waals surface area contributed by atoms with Gasteiger partial charge in [-0.3, -0.25) is 4.79 Å². The molecule has 1 saturated heterocycles. The minimum absolute atomic E-state index is 0.172. The number of piperidine rings is 1. The smallest absolute Gasteiger partial charge is 0.256 e. The molecule has 1 aromatic carbocycles. The lowest BCUT2D eigenvalue weighted by molar-refractivity contribution is 0.102. The van der Waals surface area contributed by atoms with Crippen molar-refractivity contribution in [3.63, 3.8) is 0 Å².